The quantitative estimate of drug-likeness (QED) is 0.455. The van der Waals surface area contributed by atoms with Gasteiger partial charge in [0.25, 0.3) is 5.91 Å². The molecule has 0 aliphatic rings. The number of hydrogen-bond acceptors (Lipinski definition) is 7. The summed E-state index contributed by atoms with van der Waals surface area (Å²) in [7, 11) is -3.83. The van der Waals surface area contributed by atoms with Crippen LogP contribution >= 0.6 is 0 Å². The first-order valence-electron chi connectivity index (χ1n) is 9.24. The number of sulfonamides is 1. The fourth-order valence-corrected chi connectivity index (χ4v) is 3.18. The van der Waals surface area contributed by atoms with Crippen LogP contribution in [0.5, 0.6) is 0 Å². The number of carbonyl (C=O) groups excluding carboxylic acids is 2. The molecule has 31 heavy (non-hydrogen) atoms. The summed E-state index contributed by atoms with van der Waals surface area (Å²) in [4.78, 5) is 24.9. The van der Waals surface area contributed by atoms with Gasteiger partial charge in [-0.15, -0.1) is 0 Å². The average molecular weight is 443 g/mol. The SMILES string of the molecule is CC(OC(=O)c1ccccc1NCc1ccco1)C(=O)Nc1ccc(S(N)(=O)=O)cc1. The highest BCUT2D eigenvalue weighted by molar-refractivity contribution is 7.89. The third-order valence-electron chi connectivity index (χ3n) is 4.28. The highest BCUT2D eigenvalue weighted by Gasteiger charge is 2.21. The molecule has 1 aromatic heterocycles. The smallest absolute Gasteiger partial charge is 0.341 e. The number of furan rings is 1. The van der Waals surface area contributed by atoms with E-state index in [-0.39, 0.29) is 10.5 Å². The number of primary sulfonamides is 1. The van der Waals surface area contributed by atoms with Crippen LogP contribution in [0.4, 0.5) is 11.4 Å². The van der Waals surface area contributed by atoms with Crippen LogP contribution in [0, 0.1) is 0 Å². The zero-order chi connectivity index (χ0) is 22.4. The second-order valence-corrected chi connectivity index (χ2v) is 8.15. The highest BCUT2D eigenvalue weighted by atomic mass is 32.2. The molecule has 1 heterocycles. The molecule has 0 aliphatic heterocycles. The molecule has 3 aromatic rings. The third kappa shape index (κ3) is 5.93. The fourth-order valence-electron chi connectivity index (χ4n) is 2.66. The summed E-state index contributed by atoms with van der Waals surface area (Å²) in [5.41, 5.74) is 1.14. The molecule has 0 spiro atoms. The van der Waals surface area contributed by atoms with Crippen LogP contribution in [0.3, 0.4) is 0 Å². The number of rotatable bonds is 8. The summed E-state index contributed by atoms with van der Waals surface area (Å²) in [5, 5.41) is 10.7. The first-order valence-corrected chi connectivity index (χ1v) is 10.8. The first-order chi connectivity index (χ1) is 14.7. The normalized spacial score (nSPS) is 12.1. The van der Waals surface area contributed by atoms with Crippen molar-refractivity contribution >= 4 is 33.3 Å². The lowest BCUT2D eigenvalue weighted by molar-refractivity contribution is -0.123. The summed E-state index contributed by atoms with van der Waals surface area (Å²) in [6, 6.07) is 15.6. The second-order valence-electron chi connectivity index (χ2n) is 6.58. The van der Waals surface area contributed by atoms with E-state index in [4.69, 9.17) is 14.3 Å². The van der Waals surface area contributed by atoms with Crippen LogP contribution in [-0.2, 0) is 26.1 Å². The van der Waals surface area contributed by atoms with E-state index in [0.717, 1.165) is 0 Å². The Labute approximate surface area is 179 Å². The first kappa shape index (κ1) is 22.1. The summed E-state index contributed by atoms with van der Waals surface area (Å²) in [6.45, 7) is 1.81. The molecule has 0 bridgehead atoms. The summed E-state index contributed by atoms with van der Waals surface area (Å²) < 4.78 is 33.1. The maximum Gasteiger partial charge on any atom is 0.341 e. The fraction of sp³-hybridized carbons (Fsp3) is 0.143. The molecule has 1 atom stereocenters. The maximum atomic E-state index is 12.6. The van der Waals surface area contributed by atoms with Crippen LogP contribution in [0.15, 0.2) is 76.2 Å². The minimum atomic E-state index is -3.83. The summed E-state index contributed by atoms with van der Waals surface area (Å²) in [5.74, 6) is -0.545. The van der Waals surface area contributed by atoms with Gasteiger partial charge >= 0.3 is 5.97 Å². The molecule has 2 aromatic carbocycles. The number of hydrogen-bond donors (Lipinski definition) is 3. The number of anilines is 2. The molecule has 1 amide bonds. The molecule has 9 nitrogen and oxygen atoms in total. The second kappa shape index (κ2) is 9.45. The van der Waals surface area contributed by atoms with Crippen LogP contribution < -0.4 is 15.8 Å². The Morgan fingerprint density at radius 3 is 2.42 bits per heavy atom. The molecule has 3 rings (SSSR count). The van der Waals surface area contributed by atoms with Gasteiger partial charge in [0.1, 0.15) is 5.76 Å². The van der Waals surface area contributed by atoms with E-state index < -0.39 is 28.0 Å². The van der Waals surface area contributed by atoms with Gasteiger partial charge in [-0.25, -0.2) is 18.4 Å². The van der Waals surface area contributed by atoms with Crippen molar-refractivity contribution in [2.75, 3.05) is 10.6 Å². The highest BCUT2D eigenvalue weighted by Crippen LogP contribution is 2.19. The van der Waals surface area contributed by atoms with E-state index in [1.54, 1.807) is 42.7 Å². The lowest BCUT2D eigenvalue weighted by Crippen LogP contribution is -2.30. The predicted octanol–water partition coefficient (Wildman–Crippen LogP) is 2.72. The Balaban J connectivity index is 1.61. The lowest BCUT2D eigenvalue weighted by atomic mass is 10.1. The van der Waals surface area contributed by atoms with Crippen molar-refractivity contribution in [2.45, 2.75) is 24.5 Å². The van der Waals surface area contributed by atoms with E-state index in [0.29, 0.717) is 23.7 Å². The molecular weight excluding hydrogens is 422 g/mol. The van der Waals surface area contributed by atoms with Crippen molar-refractivity contribution in [3.63, 3.8) is 0 Å². The van der Waals surface area contributed by atoms with Gasteiger partial charge in [0, 0.05) is 11.4 Å². The number of esters is 1. The monoisotopic (exact) mass is 443 g/mol. The third-order valence-corrected chi connectivity index (χ3v) is 5.21. The zero-order valence-electron chi connectivity index (χ0n) is 16.6. The van der Waals surface area contributed by atoms with Gasteiger partial charge in [0.2, 0.25) is 10.0 Å². The number of amides is 1. The van der Waals surface area contributed by atoms with Gasteiger partial charge in [-0.2, -0.15) is 0 Å². The molecule has 0 saturated heterocycles. The van der Waals surface area contributed by atoms with Crippen molar-refractivity contribution in [1.82, 2.24) is 0 Å². The molecule has 162 valence electrons. The molecule has 0 saturated carbocycles. The topological polar surface area (TPSA) is 141 Å². The minimum Gasteiger partial charge on any atom is -0.467 e. The molecule has 0 radical (unpaired) electrons. The average Bonchev–Trinajstić information content (AvgIpc) is 3.25. The number of nitrogens with one attached hydrogen (secondary N) is 2. The van der Waals surface area contributed by atoms with Gasteiger partial charge < -0.3 is 19.8 Å². The van der Waals surface area contributed by atoms with E-state index in [1.165, 1.54) is 31.2 Å². The van der Waals surface area contributed by atoms with Crippen molar-refractivity contribution < 1.29 is 27.2 Å². The Hall–Kier alpha value is -3.63. The van der Waals surface area contributed by atoms with Gasteiger partial charge in [-0.05, 0) is 55.5 Å². The predicted molar refractivity (Wildman–Crippen MR) is 114 cm³/mol. The Morgan fingerprint density at radius 1 is 1.06 bits per heavy atom. The zero-order valence-corrected chi connectivity index (χ0v) is 17.4. The Bertz CT molecular complexity index is 1160. The number of para-hydroxylation sites is 1. The number of ether oxygens (including phenoxy) is 1. The van der Waals surface area contributed by atoms with E-state index in [1.807, 2.05) is 0 Å². The summed E-state index contributed by atoms with van der Waals surface area (Å²) in [6.07, 6.45) is 0.462. The Morgan fingerprint density at radius 2 is 1.77 bits per heavy atom. The van der Waals surface area contributed by atoms with Crippen molar-refractivity contribution in [3.8, 4) is 0 Å². The van der Waals surface area contributed by atoms with Crippen LogP contribution in [0.2, 0.25) is 0 Å². The number of benzene rings is 2. The largest absolute Gasteiger partial charge is 0.467 e. The standard InChI is InChI=1S/C21H21N3O6S/c1-14(20(25)24-15-8-10-17(11-9-15)31(22,27)28)30-21(26)18-6-2-3-7-19(18)23-13-16-5-4-12-29-16/h2-12,14,23H,13H2,1H3,(H,24,25)(H2,22,27,28). The molecule has 0 aliphatic carbocycles. The van der Waals surface area contributed by atoms with Crippen molar-refractivity contribution in [3.05, 3.63) is 78.3 Å². The molecule has 0 fully saturated rings. The Kier molecular flexibility index (Phi) is 6.73. The maximum absolute atomic E-state index is 12.6. The van der Waals surface area contributed by atoms with Gasteiger partial charge in [-0.1, -0.05) is 12.1 Å². The lowest BCUT2D eigenvalue weighted by Gasteiger charge is -2.15. The number of carbonyl (C=O) groups is 2. The van der Waals surface area contributed by atoms with E-state index in [9.17, 15) is 18.0 Å². The minimum absolute atomic E-state index is 0.0800. The van der Waals surface area contributed by atoms with Crippen LogP contribution in [0.1, 0.15) is 23.0 Å². The molecule has 1 unspecified atom stereocenters. The van der Waals surface area contributed by atoms with Crippen molar-refractivity contribution in [1.29, 1.82) is 0 Å². The van der Waals surface area contributed by atoms with E-state index in [2.05, 4.69) is 10.6 Å². The van der Waals surface area contributed by atoms with Crippen LogP contribution in [-0.4, -0.2) is 26.4 Å². The van der Waals surface area contributed by atoms with Gasteiger partial charge in [0.05, 0.1) is 23.3 Å². The molecule has 4 N–H and O–H groups in total. The van der Waals surface area contributed by atoms with E-state index >= 15 is 0 Å². The number of nitrogens with two attached hydrogens (primary N) is 1. The van der Waals surface area contributed by atoms with Gasteiger partial charge in [-0.3, -0.25) is 4.79 Å². The van der Waals surface area contributed by atoms with Crippen LogP contribution in [0.25, 0.3) is 0 Å². The molecule has 10 heteroatoms. The molecular formula is C21H21N3O6S. The van der Waals surface area contributed by atoms with Gasteiger partial charge in [0.15, 0.2) is 6.10 Å². The summed E-state index contributed by atoms with van der Waals surface area (Å²) >= 11 is 0. The van der Waals surface area contributed by atoms with Crippen molar-refractivity contribution in [2.24, 2.45) is 5.14 Å².